The Bertz CT molecular complexity index is 891. The van der Waals surface area contributed by atoms with Crippen LogP contribution in [0.5, 0.6) is 5.75 Å². The summed E-state index contributed by atoms with van der Waals surface area (Å²) < 4.78 is 5.28. The fraction of sp³-hybridized carbons (Fsp3) is 0.435. The lowest BCUT2D eigenvalue weighted by molar-refractivity contribution is 0.102. The van der Waals surface area contributed by atoms with Crippen molar-refractivity contribution in [2.75, 3.05) is 0 Å². The van der Waals surface area contributed by atoms with Crippen LogP contribution in [0.3, 0.4) is 0 Å². The highest BCUT2D eigenvalue weighted by atomic mass is 16.4. The van der Waals surface area contributed by atoms with E-state index in [1.54, 1.807) is 19.1 Å². The van der Waals surface area contributed by atoms with Gasteiger partial charge < -0.3 is 14.6 Å². The topological polar surface area (TPSA) is 117 Å². The molecule has 0 radical (unpaired) electrons. The number of hydrogen-bond acceptors (Lipinski definition) is 5. The van der Waals surface area contributed by atoms with Crippen LogP contribution in [0.1, 0.15) is 81.8 Å². The minimum Gasteiger partial charge on any atom is -0.507 e. The summed E-state index contributed by atoms with van der Waals surface area (Å²) in [6, 6.07) is 1.30. The normalized spacial score (nSPS) is 13.5. The third-order valence-corrected chi connectivity index (χ3v) is 4.65. The Labute approximate surface area is 176 Å². The van der Waals surface area contributed by atoms with E-state index in [0.717, 1.165) is 24.8 Å². The molecular formula is C23H31NO6. The Morgan fingerprint density at radius 1 is 1.27 bits per heavy atom. The largest absolute Gasteiger partial charge is 0.507 e. The molecule has 30 heavy (non-hydrogen) atoms. The molecule has 164 valence electrons. The molecule has 0 saturated heterocycles. The van der Waals surface area contributed by atoms with E-state index in [-0.39, 0.29) is 17.2 Å². The van der Waals surface area contributed by atoms with E-state index < -0.39 is 23.3 Å². The lowest BCUT2D eigenvalue weighted by Crippen LogP contribution is -2.16. The van der Waals surface area contributed by atoms with Crippen LogP contribution in [0.2, 0.25) is 0 Å². The van der Waals surface area contributed by atoms with Crippen LogP contribution < -0.4 is 10.9 Å². The van der Waals surface area contributed by atoms with Crippen molar-refractivity contribution in [1.29, 1.82) is 0 Å². The van der Waals surface area contributed by atoms with Crippen molar-refractivity contribution in [3.63, 3.8) is 0 Å². The van der Waals surface area contributed by atoms with Crippen LogP contribution in [0, 0.1) is 0 Å². The van der Waals surface area contributed by atoms with Crippen LogP contribution in [0.4, 0.5) is 4.79 Å². The maximum absolute atomic E-state index is 12.6. The second-order valence-corrected chi connectivity index (χ2v) is 7.32. The van der Waals surface area contributed by atoms with Gasteiger partial charge >= 0.3 is 11.7 Å². The molecule has 0 bridgehead atoms. The van der Waals surface area contributed by atoms with Gasteiger partial charge in [-0.2, -0.15) is 0 Å². The van der Waals surface area contributed by atoms with Crippen molar-refractivity contribution < 1.29 is 24.2 Å². The van der Waals surface area contributed by atoms with Crippen LogP contribution in [-0.2, 0) is 0 Å². The number of allylic oxidation sites excluding steroid dienone is 5. The molecule has 1 atom stereocenters. The lowest BCUT2D eigenvalue weighted by Gasteiger charge is -2.11. The van der Waals surface area contributed by atoms with Gasteiger partial charge in [0.05, 0.1) is 0 Å². The molecule has 7 heteroatoms. The predicted octanol–water partition coefficient (Wildman–Crippen LogP) is 5.28. The molecule has 0 aromatic carbocycles. The molecule has 7 nitrogen and oxygen atoms in total. The zero-order valence-corrected chi connectivity index (χ0v) is 18.0. The standard InChI is InChI=1S/C23H31NO6/c1-5-6-9-15(2)11-12-17(4)21(26)20-18(25)14-19(30-22(20)27)16(3)10-7-8-13-24-23(28)29/h8,11-14,16,24-25H,5-7,9-10H2,1-4H3,(H,28,29)/b13-8+,15-11-,17-12+. The number of nitrogens with one attached hydrogen (secondary N) is 1. The zero-order chi connectivity index (χ0) is 22.7. The van der Waals surface area contributed by atoms with Crippen LogP contribution >= 0.6 is 0 Å². The number of amides is 1. The van der Waals surface area contributed by atoms with Crippen molar-refractivity contribution in [2.24, 2.45) is 0 Å². The molecule has 1 heterocycles. The second-order valence-electron chi connectivity index (χ2n) is 7.32. The highest BCUT2D eigenvalue weighted by Gasteiger charge is 2.21. The fourth-order valence-electron chi connectivity index (χ4n) is 2.73. The van der Waals surface area contributed by atoms with Gasteiger partial charge in [0, 0.05) is 18.2 Å². The van der Waals surface area contributed by atoms with E-state index in [1.807, 2.05) is 19.9 Å². The third-order valence-electron chi connectivity index (χ3n) is 4.65. The Morgan fingerprint density at radius 3 is 2.57 bits per heavy atom. The van der Waals surface area contributed by atoms with Crippen molar-refractivity contribution in [1.82, 2.24) is 5.32 Å². The van der Waals surface area contributed by atoms with Gasteiger partial charge in [-0.15, -0.1) is 0 Å². The zero-order valence-electron chi connectivity index (χ0n) is 18.0. The average molecular weight is 418 g/mol. The molecule has 1 rings (SSSR count). The minimum atomic E-state index is -1.15. The van der Waals surface area contributed by atoms with Crippen molar-refractivity contribution >= 4 is 11.9 Å². The first-order chi connectivity index (χ1) is 14.2. The predicted molar refractivity (Wildman–Crippen MR) is 116 cm³/mol. The summed E-state index contributed by atoms with van der Waals surface area (Å²) in [5, 5.41) is 20.9. The van der Waals surface area contributed by atoms with Gasteiger partial charge in [-0.1, -0.05) is 44.1 Å². The first-order valence-corrected chi connectivity index (χ1v) is 10.1. The average Bonchev–Trinajstić information content (AvgIpc) is 2.68. The van der Waals surface area contributed by atoms with Gasteiger partial charge in [-0.3, -0.25) is 10.1 Å². The van der Waals surface area contributed by atoms with Crippen LogP contribution in [-0.4, -0.2) is 22.1 Å². The van der Waals surface area contributed by atoms with E-state index in [0.29, 0.717) is 18.4 Å². The Balaban J connectivity index is 2.91. The highest BCUT2D eigenvalue weighted by molar-refractivity contribution is 6.09. The number of rotatable bonds is 11. The number of carbonyl (C=O) groups excluding carboxylic acids is 1. The van der Waals surface area contributed by atoms with Crippen molar-refractivity contribution in [3.8, 4) is 5.75 Å². The number of hydrogen-bond donors (Lipinski definition) is 3. The molecule has 0 fully saturated rings. The molecule has 0 aliphatic carbocycles. The summed E-state index contributed by atoms with van der Waals surface area (Å²) in [7, 11) is 0. The van der Waals surface area contributed by atoms with Crippen LogP contribution in [0.25, 0.3) is 0 Å². The first kappa shape index (κ1) is 24.9. The van der Waals surface area contributed by atoms with Gasteiger partial charge in [0.2, 0.25) is 0 Å². The van der Waals surface area contributed by atoms with Gasteiger partial charge in [0.1, 0.15) is 17.1 Å². The molecule has 0 spiro atoms. The fourth-order valence-corrected chi connectivity index (χ4v) is 2.73. The van der Waals surface area contributed by atoms with Crippen molar-refractivity contribution in [3.05, 3.63) is 63.4 Å². The minimum absolute atomic E-state index is 0.206. The molecule has 1 aromatic heterocycles. The second kappa shape index (κ2) is 12.5. The molecule has 0 aliphatic heterocycles. The number of Topliss-reactive ketones (excluding diaryl/α,β-unsaturated/α-hetero) is 1. The Morgan fingerprint density at radius 2 is 1.97 bits per heavy atom. The van der Waals surface area contributed by atoms with E-state index >= 15 is 0 Å². The van der Waals surface area contributed by atoms with E-state index in [2.05, 4.69) is 12.2 Å². The summed E-state index contributed by atoms with van der Waals surface area (Å²) in [5.41, 5.74) is 0.233. The number of ketones is 1. The molecule has 3 N–H and O–H groups in total. The van der Waals surface area contributed by atoms with Gasteiger partial charge in [0.15, 0.2) is 5.78 Å². The number of unbranched alkanes of at least 4 members (excludes halogenated alkanes) is 1. The quantitative estimate of drug-likeness (QED) is 0.256. The summed E-state index contributed by atoms with van der Waals surface area (Å²) >= 11 is 0. The number of carbonyl (C=O) groups is 2. The van der Waals surface area contributed by atoms with Gasteiger partial charge in [-0.25, -0.2) is 9.59 Å². The van der Waals surface area contributed by atoms with Gasteiger partial charge in [0.25, 0.3) is 0 Å². The molecule has 1 amide bonds. The molecule has 1 aromatic rings. The molecule has 1 unspecified atom stereocenters. The van der Waals surface area contributed by atoms with Crippen molar-refractivity contribution in [2.45, 2.75) is 65.7 Å². The maximum atomic E-state index is 12.6. The summed E-state index contributed by atoms with van der Waals surface area (Å²) in [4.78, 5) is 35.3. The van der Waals surface area contributed by atoms with Gasteiger partial charge in [-0.05, 0) is 45.1 Å². The third kappa shape index (κ3) is 8.11. The molecule has 0 saturated carbocycles. The Hall–Kier alpha value is -3.09. The highest BCUT2D eigenvalue weighted by Crippen LogP contribution is 2.26. The first-order valence-electron chi connectivity index (χ1n) is 10.1. The number of aromatic hydroxyl groups is 1. The Kier molecular flexibility index (Phi) is 10.4. The molecule has 0 aliphatic rings. The summed E-state index contributed by atoms with van der Waals surface area (Å²) in [6.07, 6.45) is 9.52. The van der Waals surface area contributed by atoms with Crippen LogP contribution in [0.15, 0.2) is 50.9 Å². The number of carboxylic acid groups (broad SMARTS) is 1. The van der Waals surface area contributed by atoms with E-state index in [9.17, 15) is 19.5 Å². The maximum Gasteiger partial charge on any atom is 0.408 e. The summed E-state index contributed by atoms with van der Waals surface area (Å²) in [6.45, 7) is 7.50. The SMILES string of the molecule is CCCC/C(C)=C\C=C(/C)C(=O)c1c(O)cc(C(C)CC/C=C/NC(=O)O)oc1=O. The van der Waals surface area contributed by atoms with E-state index in [4.69, 9.17) is 9.52 Å². The lowest BCUT2D eigenvalue weighted by atomic mass is 9.99. The monoisotopic (exact) mass is 417 g/mol. The summed E-state index contributed by atoms with van der Waals surface area (Å²) in [5.74, 6) is -0.906. The van der Waals surface area contributed by atoms with E-state index in [1.165, 1.54) is 12.3 Å². The smallest absolute Gasteiger partial charge is 0.408 e. The molecular weight excluding hydrogens is 386 g/mol.